The van der Waals surface area contributed by atoms with Crippen LogP contribution in [0.1, 0.15) is 27.7 Å². The van der Waals surface area contributed by atoms with Crippen LogP contribution in [-0.2, 0) is 0 Å². The minimum atomic E-state index is 0.503. The van der Waals surface area contributed by atoms with Gasteiger partial charge in [0.15, 0.2) is 11.5 Å². The zero-order valence-electron chi connectivity index (χ0n) is 18.2. The van der Waals surface area contributed by atoms with Crippen LogP contribution in [-0.4, -0.2) is 64.1 Å². The fraction of sp³-hybridized carbons (Fsp3) is 0.476. The van der Waals surface area contributed by atoms with E-state index in [4.69, 9.17) is 0 Å². The quantitative estimate of drug-likeness (QED) is 0.508. The average Bonchev–Trinajstić information content (AvgIpc) is 3.07. The van der Waals surface area contributed by atoms with Crippen LogP contribution in [0, 0.1) is 0 Å². The number of aromatic amines is 1. The molecule has 0 radical (unpaired) electrons. The fourth-order valence-corrected chi connectivity index (χ4v) is 3.44. The molecule has 1 aromatic carbocycles. The number of rotatable bonds is 9. The van der Waals surface area contributed by atoms with Crippen LogP contribution in [0.15, 0.2) is 30.6 Å². The SMILES string of the molecule is CC(C)N(CCNc1ncnc2nc(Nc3cccc(N(C)C)c3)[nH]c12)C(C)C. The van der Waals surface area contributed by atoms with Gasteiger partial charge in [-0.1, -0.05) is 6.07 Å². The molecule has 8 heteroatoms. The van der Waals surface area contributed by atoms with Crippen molar-refractivity contribution in [3.8, 4) is 0 Å². The molecular weight excluding hydrogens is 364 g/mol. The molecule has 3 rings (SSSR count). The molecule has 3 aromatic rings. The Morgan fingerprint density at radius 1 is 1.07 bits per heavy atom. The predicted octanol–water partition coefficient (Wildman–Crippen LogP) is 3.69. The van der Waals surface area contributed by atoms with Crippen molar-refractivity contribution in [3.63, 3.8) is 0 Å². The van der Waals surface area contributed by atoms with Gasteiger partial charge >= 0.3 is 0 Å². The highest BCUT2D eigenvalue weighted by Gasteiger charge is 2.14. The van der Waals surface area contributed by atoms with Crippen LogP contribution < -0.4 is 15.5 Å². The molecule has 156 valence electrons. The Bertz CT molecular complexity index is 923. The highest BCUT2D eigenvalue weighted by atomic mass is 15.2. The first-order valence-corrected chi connectivity index (χ1v) is 10.1. The Kier molecular flexibility index (Phi) is 6.53. The van der Waals surface area contributed by atoms with E-state index in [0.29, 0.717) is 23.7 Å². The molecule has 0 amide bonds. The lowest BCUT2D eigenvalue weighted by Gasteiger charge is -2.30. The van der Waals surface area contributed by atoms with Crippen LogP contribution in [0.5, 0.6) is 0 Å². The van der Waals surface area contributed by atoms with E-state index in [2.05, 4.69) is 80.2 Å². The summed E-state index contributed by atoms with van der Waals surface area (Å²) < 4.78 is 0. The molecule has 2 heterocycles. The number of nitrogens with one attached hydrogen (secondary N) is 3. The standard InChI is InChI=1S/C21H32N8/c1-14(2)29(15(3)4)11-10-22-19-18-20(24-13-23-19)27-21(26-18)25-16-8-7-9-17(12-16)28(5)6/h7-9,12-15H,10-11H2,1-6H3,(H3,22,23,24,25,26,27). The van der Waals surface area contributed by atoms with E-state index in [-0.39, 0.29) is 0 Å². The van der Waals surface area contributed by atoms with E-state index in [1.54, 1.807) is 6.33 Å². The molecule has 0 unspecified atom stereocenters. The third kappa shape index (κ3) is 5.14. The van der Waals surface area contributed by atoms with E-state index >= 15 is 0 Å². The number of anilines is 4. The summed E-state index contributed by atoms with van der Waals surface area (Å²) >= 11 is 0. The van der Waals surface area contributed by atoms with Crippen molar-refractivity contribution < 1.29 is 0 Å². The highest BCUT2D eigenvalue weighted by molar-refractivity contribution is 5.85. The number of nitrogens with zero attached hydrogens (tertiary/aromatic N) is 5. The maximum absolute atomic E-state index is 4.56. The second-order valence-corrected chi connectivity index (χ2v) is 7.93. The van der Waals surface area contributed by atoms with Crippen LogP contribution >= 0.6 is 0 Å². The van der Waals surface area contributed by atoms with Gasteiger partial charge in [-0.25, -0.2) is 9.97 Å². The Labute approximate surface area is 172 Å². The van der Waals surface area contributed by atoms with Crippen molar-refractivity contribution in [2.24, 2.45) is 0 Å². The summed E-state index contributed by atoms with van der Waals surface area (Å²) in [6, 6.07) is 9.17. The van der Waals surface area contributed by atoms with Crippen molar-refractivity contribution in [2.75, 3.05) is 42.7 Å². The Morgan fingerprint density at radius 2 is 1.83 bits per heavy atom. The minimum Gasteiger partial charge on any atom is -0.378 e. The van der Waals surface area contributed by atoms with Gasteiger partial charge in [0, 0.05) is 50.6 Å². The van der Waals surface area contributed by atoms with E-state index < -0.39 is 0 Å². The number of H-pyrrole nitrogens is 1. The van der Waals surface area contributed by atoms with Crippen molar-refractivity contribution >= 4 is 34.3 Å². The van der Waals surface area contributed by atoms with Crippen molar-refractivity contribution in [3.05, 3.63) is 30.6 Å². The summed E-state index contributed by atoms with van der Waals surface area (Å²) in [6.07, 6.45) is 1.55. The van der Waals surface area contributed by atoms with Crippen molar-refractivity contribution in [2.45, 2.75) is 39.8 Å². The minimum absolute atomic E-state index is 0.503. The first kappa shape index (κ1) is 20.9. The number of hydrogen-bond acceptors (Lipinski definition) is 7. The topological polar surface area (TPSA) is 85.0 Å². The third-order valence-corrected chi connectivity index (χ3v) is 4.90. The zero-order chi connectivity index (χ0) is 21.0. The van der Waals surface area contributed by atoms with Gasteiger partial charge < -0.3 is 20.5 Å². The maximum Gasteiger partial charge on any atom is 0.207 e. The summed E-state index contributed by atoms with van der Waals surface area (Å²) in [5.41, 5.74) is 3.52. The number of hydrogen-bond donors (Lipinski definition) is 3. The van der Waals surface area contributed by atoms with Crippen LogP contribution in [0.3, 0.4) is 0 Å². The molecule has 0 atom stereocenters. The van der Waals surface area contributed by atoms with Gasteiger partial charge in [-0.05, 0) is 45.9 Å². The normalized spacial score (nSPS) is 11.6. The van der Waals surface area contributed by atoms with Gasteiger partial charge in [0.25, 0.3) is 0 Å². The molecular formula is C21H32N8. The van der Waals surface area contributed by atoms with Gasteiger partial charge in [-0.3, -0.25) is 4.90 Å². The lowest BCUT2D eigenvalue weighted by Crippen LogP contribution is -2.40. The first-order valence-electron chi connectivity index (χ1n) is 10.1. The fourth-order valence-electron chi connectivity index (χ4n) is 3.44. The Hall–Kier alpha value is -2.87. The smallest absolute Gasteiger partial charge is 0.207 e. The lowest BCUT2D eigenvalue weighted by atomic mass is 10.2. The summed E-state index contributed by atoms with van der Waals surface area (Å²) in [5.74, 6) is 1.41. The summed E-state index contributed by atoms with van der Waals surface area (Å²) in [7, 11) is 4.04. The average molecular weight is 397 g/mol. The molecule has 0 saturated heterocycles. The van der Waals surface area contributed by atoms with E-state index in [1.807, 2.05) is 26.2 Å². The number of imidazole rings is 1. The Morgan fingerprint density at radius 3 is 2.52 bits per heavy atom. The molecule has 29 heavy (non-hydrogen) atoms. The molecule has 0 bridgehead atoms. The Balaban J connectivity index is 1.73. The zero-order valence-corrected chi connectivity index (χ0v) is 18.2. The molecule has 3 N–H and O–H groups in total. The molecule has 0 saturated carbocycles. The second-order valence-electron chi connectivity index (χ2n) is 7.93. The van der Waals surface area contributed by atoms with Gasteiger partial charge in [0.05, 0.1) is 0 Å². The third-order valence-electron chi connectivity index (χ3n) is 4.90. The molecule has 0 fully saturated rings. The molecule has 8 nitrogen and oxygen atoms in total. The molecule has 2 aromatic heterocycles. The van der Waals surface area contributed by atoms with Gasteiger partial charge in [0.2, 0.25) is 5.95 Å². The number of benzene rings is 1. The number of aromatic nitrogens is 4. The van der Waals surface area contributed by atoms with Crippen molar-refractivity contribution in [1.29, 1.82) is 0 Å². The van der Waals surface area contributed by atoms with E-state index in [1.165, 1.54) is 0 Å². The summed E-state index contributed by atoms with van der Waals surface area (Å²) in [4.78, 5) is 21.1. The molecule has 0 spiro atoms. The maximum atomic E-state index is 4.56. The second kappa shape index (κ2) is 9.09. The number of fused-ring (bicyclic) bond motifs is 1. The van der Waals surface area contributed by atoms with Gasteiger partial charge in [-0.15, -0.1) is 0 Å². The lowest BCUT2D eigenvalue weighted by molar-refractivity contribution is 0.182. The first-order chi connectivity index (χ1) is 13.8. The van der Waals surface area contributed by atoms with E-state index in [9.17, 15) is 0 Å². The summed E-state index contributed by atoms with van der Waals surface area (Å²) in [6.45, 7) is 10.6. The van der Waals surface area contributed by atoms with Crippen molar-refractivity contribution in [1.82, 2.24) is 24.8 Å². The molecule has 0 aliphatic carbocycles. The van der Waals surface area contributed by atoms with Gasteiger partial charge in [-0.2, -0.15) is 4.98 Å². The monoisotopic (exact) mass is 396 g/mol. The molecule has 0 aliphatic rings. The highest BCUT2D eigenvalue weighted by Crippen LogP contribution is 2.23. The van der Waals surface area contributed by atoms with Gasteiger partial charge in [0.1, 0.15) is 11.8 Å². The van der Waals surface area contributed by atoms with E-state index in [0.717, 1.165) is 35.8 Å². The van der Waals surface area contributed by atoms with Crippen LogP contribution in [0.25, 0.3) is 11.2 Å². The van der Waals surface area contributed by atoms with Crippen LogP contribution in [0.4, 0.5) is 23.1 Å². The predicted molar refractivity (Wildman–Crippen MR) is 121 cm³/mol. The largest absolute Gasteiger partial charge is 0.378 e. The summed E-state index contributed by atoms with van der Waals surface area (Å²) in [5, 5.41) is 6.75. The molecule has 0 aliphatic heterocycles. The van der Waals surface area contributed by atoms with Crippen LogP contribution in [0.2, 0.25) is 0 Å².